The second-order valence-corrected chi connectivity index (χ2v) is 6.44. The SMILES string of the molecule is CC1OCCC1(C)NS(=O)(=O)CCCC(=O)O. The summed E-state index contributed by atoms with van der Waals surface area (Å²) in [7, 11) is -3.45. The topological polar surface area (TPSA) is 92.7 Å². The Labute approximate surface area is 101 Å². The first kappa shape index (κ1) is 14.4. The summed E-state index contributed by atoms with van der Waals surface area (Å²) in [5.41, 5.74) is -0.581. The van der Waals surface area contributed by atoms with Crippen LogP contribution >= 0.6 is 0 Å². The molecular formula is C10H19NO5S. The Morgan fingerprint density at radius 3 is 2.71 bits per heavy atom. The number of aliphatic carboxylic acids is 1. The van der Waals surface area contributed by atoms with E-state index in [9.17, 15) is 13.2 Å². The largest absolute Gasteiger partial charge is 0.481 e. The minimum absolute atomic E-state index is 0.121. The molecule has 6 nitrogen and oxygen atoms in total. The minimum Gasteiger partial charge on any atom is -0.481 e. The van der Waals surface area contributed by atoms with Crippen LogP contribution in [0.2, 0.25) is 0 Å². The zero-order chi connectivity index (χ0) is 13.1. The standard InChI is InChI=1S/C10H19NO5S/c1-8-10(2,5-6-16-8)11-17(14,15)7-3-4-9(12)13/h8,11H,3-7H2,1-2H3,(H,12,13). The molecule has 0 saturated carbocycles. The summed E-state index contributed by atoms with van der Waals surface area (Å²) in [4.78, 5) is 10.3. The number of nitrogens with one attached hydrogen (secondary N) is 1. The highest BCUT2D eigenvalue weighted by atomic mass is 32.2. The molecule has 0 radical (unpaired) electrons. The van der Waals surface area contributed by atoms with Gasteiger partial charge in [0.15, 0.2) is 0 Å². The molecule has 0 aromatic carbocycles. The van der Waals surface area contributed by atoms with Crippen molar-refractivity contribution in [3.63, 3.8) is 0 Å². The summed E-state index contributed by atoms with van der Waals surface area (Å²) < 4.78 is 31.5. The number of rotatable bonds is 6. The molecule has 100 valence electrons. The molecule has 17 heavy (non-hydrogen) atoms. The van der Waals surface area contributed by atoms with E-state index in [1.165, 1.54) is 0 Å². The van der Waals surface area contributed by atoms with Gasteiger partial charge < -0.3 is 9.84 Å². The molecule has 0 amide bonds. The van der Waals surface area contributed by atoms with Crippen LogP contribution in [0, 0.1) is 0 Å². The van der Waals surface area contributed by atoms with Crippen LogP contribution < -0.4 is 4.72 Å². The Morgan fingerprint density at radius 1 is 1.59 bits per heavy atom. The Balaban J connectivity index is 2.51. The van der Waals surface area contributed by atoms with E-state index in [2.05, 4.69) is 4.72 Å². The molecule has 0 aromatic heterocycles. The van der Waals surface area contributed by atoms with E-state index in [4.69, 9.17) is 9.84 Å². The number of ether oxygens (including phenoxy) is 1. The van der Waals surface area contributed by atoms with Gasteiger partial charge in [0.05, 0.1) is 17.4 Å². The number of sulfonamides is 1. The maximum atomic E-state index is 11.8. The predicted molar refractivity (Wildman–Crippen MR) is 62.2 cm³/mol. The number of carboxylic acid groups (broad SMARTS) is 1. The van der Waals surface area contributed by atoms with Gasteiger partial charge in [0.25, 0.3) is 0 Å². The highest BCUT2D eigenvalue weighted by Crippen LogP contribution is 2.26. The zero-order valence-electron chi connectivity index (χ0n) is 10.1. The highest BCUT2D eigenvalue weighted by molar-refractivity contribution is 7.89. The summed E-state index contributed by atoms with van der Waals surface area (Å²) in [5.74, 6) is -1.15. The van der Waals surface area contributed by atoms with Crippen molar-refractivity contribution in [3.05, 3.63) is 0 Å². The Hall–Kier alpha value is -0.660. The van der Waals surface area contributed by atoms with Gasteiger partial charge in [-0.25, -0.2) is 13.1 Å². The third-order valence-corrected chi connectivity index (χ3v) is 4.68. The first-order chi connectivity index (χ1) is 7.75. The number of carbonyl (C=O) groups is 1. The molecule has 0 bridgehead atoms. The van der Waals surface area contributed by atoms with Crippen molar-refractivity contribution in [2.24, 2.45) is 0 Å². The van der Waals surface area contributed by atoms with Gasteiger partial charge in [-0.2, -0.15) is 0 Å². The van der Waals surface area contributed by atoms with Crippen molar-refractivity contribution in [1.29, 1.82) is 0 Å². The molecule has 7 heteroatoms. The minimum atomic E-state index is -3.45. The molecule has 2 N–H and O–H groups in total. The molecule has 1 fully saturated rings. The predicted octanol–water partition coefficient (Wildman–Crippen LogP) is 0.338. The number of carboxylic acids is 1. The molecule has 1 aliphatic rings. The molecule has 0 aromatic rings. The Bertz CT molecular complexity index is 380. The summed E-state index contributed by atoms with van der Waals surface area (Å²) in [6, 6.07) is 0. The van der Waals surface area contributed by atoms with Crippen LogP contribution in [0.5, 0.6) is 0 Å². The Kier molecular flexibility index (Phi) is 4.51. The highest BCUT2D eigenvalue weighted by Gasteiger charge is 2.39. The van der Waals surface area contributed by atoms with Gasteiger partial charge in [-0.15, -0.1) is 0 Å². The Morgan fingerprint density at radius 2 is 2.24 bits per heavy atom. The molecule has 0 spiro atoms. The molecule has 1 rings (SSSR count). The molecule has 1 heterocycles. The molecule has 0 aliphatic carbocycles. The van der Waals surface area contributed by atoms with Crippen LogP contribution in [0.15, 0.2) is 0 Å². The monoisotopic (exact) mass is 265 g/mol. The van der Waals surface area contributed by atoms with E-state index < -0.39 is 21.5 Å². The summed E-state index contributed by atoms with van der Waals surface area (Å²) in [6.07, 6.45) is 0.447. The fourth-order valence-electron chi connectivity index (χ4n) is 1.79. The van der Waals surface area contributed by atoms with Gasteiger partial charge in [0.1, 0.15) is 0 Å². The summed E-state index contributed by atoms with van der Waals surface area (Å²) in [6.45, 7) is 4.17. The molecule has 1 aliphatic heterocycles. The van der Waals surface area contributed by atoms with Gasteiger partial charge in [-0.1, -0.05) is 0 Å². The van der Waals surface area contributed by atoms with Crippen molar-refractivity contribution in [1.82, 2.24) is 4.72 Å². The maximum absolute atomic E-state index is 11.8. The summed E-state index contributed by atoms with van der Waals surface area (Å²) >= 11 is 0. The van der Waals surface area contributed by atoms with Gasteiger partial charge in [0, 0.05) is 13.0 Å². The number of hydrogen-bond donors (Lipinski definition) is 2. The molecule has 1 saturated heterocycles. The zero-order valence-corrected chi connectivity index (χ0v) is 10.9. The van der Waals surface area contributed by atoms with Crippen molar-refractivity contribution in [2.45, 2.75) is 44.8 Å². The van der Waals surface area contributed by atoms with E-state index in [0.717, 1.165) is 0 Å². The van der Waals surface area contributed by atoms with Crippen molar-refractivity contribution in [2.75, 3.05) is 12.4 Å². The average Bonchev–Trinajstić information content (AvgIpc) is 2.44. The molecular weight excluding hydrogens is 246 g/mol. The van der Waals surface area contributed by atoms with Gasteiger partial charge >= 0.3 is 5.97 Å². The van der Waals surface area contributed by atoms with Crippen molar-refractivity contribution >= 4 is 16.0 Å². The van der Waals surface area contributed by atoms with Crippen LogP contribution in [-0.4, -0.2) is 43.5 Å². The van der Waals surface area contributed by atoms with Crippen molar-refractivity contribution in [3.8, 4) is 0 Å². The fraction of sp³-hybridized carbons (Fsp3) is 0.900. The molecule has 2 unspecified atom stereocenters. The first-order valence-electron chi connectivity index (χ1n) is 5.60. The van der Waals surface area contributed by atoms with Crippen LogP contribution in [0.4, 0.5) is 0 Å². The lowest BCUT2D eigenvalue weighted by molar-refractivity contribution is -0.137. The van der Waals surface area contributed by atoms with Crippen LogP contribution in [0.3, 0.4) is 0 Å². The normalized spacial score (nSPS) is 29.4. The maximum Gasteiger partial charge on any atom is 0.303 e. The van der Waals surface area contributed by atoms with E-state index in [1.54, 1.807) is 6.92 Å². The lowest BCUT2D eigenvalue weighted by atomic mass is 9.97. The van der Waals surface area contributed by atoms with E-state index in [1.807, 2.05) is 6.92 Å². The summed E-state index contributed by atoms with van der Waals surface area (Å²) in [5, 5.41) is 8.45. The van der Waals surface area contributed by atoms with E-state index >= 15 is 0 Å². The first-order valence-corrected chi connectivity index (χ1v) is 7.25. The number of hydrogen-bond acceptors (Lipinski definition) is 4. The third kappa shape index (κ3) is 4.25. The van der Waals surface area contributed by atoms with Gasteiger partial charge in [-0.05, 0) is 26.7 Å². The average molecular weight is 265 g/mol. The fourth-order valence-corrected chi connectivity index (χ4v) is 3.39. The van der Waals surface area contributed by atoms with Crippen LogP contribution in [0.1, 0.15) is 33.1 Å². The second kappa shape index (κ2) is 5.32. The van der Waals surface area contributed by atoms with Crippen LogP contribution in [0.25, 0.3) is 0 Å². The van der Waals surface area contributed by atoms with Gasteiger partial charge in [0.2, 0.25) is 10.0 Å². The van der Waals surface area contributed by atoms with Crippen molar-refractivity contribution < 1.29 is 23.1 Å². The third-order valence-electron chi connectivity index (χ3n) is 3.08. The van der Waals surface area contributed by atoms with E-state index in [0.29, 0.717) is 13.0 Å². The molecule has 2 atom stereocenters. The van der Waals surface area contributed by atoms with Gasteiger partial charge in [-0.3, -0.25) is 4.79 Å². The second-order valence-electron chi connectivity index (χ2n) is 4.60. The smallest absolute Gasteiger partial charge is 0.303 e. The van der Waals surface area contributed by atoms with E-state index in [-0.39, 0.29) is 24.7 Å². The lowest BCUT2D eigenvalue weighted by Crippen LogP contribution is -2.51. The quantitative estimate of drug-likeness (QED) is 0.722. The lowest BCUT2D eigenvalue weighted by Gasteiger charge is -2.28. The van der Waals surface area contributed by atoms with Crippen LogP contribution in [-0.2, 0) is 19.6 Å².